The molecular formula is C16H10N2O5S. The van der Waals surface area contributed by atoms with Gasteiger partial charge in [-0.1, -0.05) is 24.3 Å². The van der Waals surface area contributed by atoms with Gasteiger partial charge in [0.25, 0.3) is 0 Å². The fourth-order valence-electron chi connectivity index (χ4n) is 3.60. The predicted molar refractivity (Wildman–Crippen MR) is 80.9 cm³/mol. The SMILES string of the molecule is N#CC1=C(N)OC2=C(C13C(=O)c1ccccc1C3=O)S(=O)(=O)CC2. The lowest BCUT2D eigenvalue weighted by Gasteiger charge is -2.31. The van der Waals surface area contributed by atoms with E-state index in [1.807, 2.05) is 0 Å². The first-order chi connectivity index (χ1) is 11.4. The van der Waals surface area contributed by atoms with Gasteiger partial charge in [0.05, 0.1) is 5.75 Å². The molecule has 0 amide bonds. The quantitative estimate of drug-likeness (QED) is 0.691. The van der Waals surface area contributed by atoms with E-state index in [4.69, 9.17) is 10.5 Å². The highest BCUT2D eigenvalue weighted by molar-refractivity contribution is 7.95. The van der Waals surface area contributed by atoms with Crippen LogP contribution in [-0.4, -0.2) is 25.7 Å². The van der Waals surface area contributed by atoms with E-state index in [-0.39, 0.29) is 29.1 Å². The molecule has 0 atom stereocenters. The molecule has 1 aromatic rings. The number of sulfone groups is 1. The van der Waals surface area contributed by atoms with E-state index in [2.05, 4.69) is 0 Å². The normalized spacial score (nSPS) is 23.1. The number of rotatable bonds is 0. The second-order valence-electron chi connectivity index (χ2n) is 5.73. The first kappa shape index (κ1) is 14.7. The van der Waals surface area contributed by atoms with Gasteiger partial charge in [0.15, 0.2) is 26.8 Å². The molecule has 4 rings (SSSR count). The number of fused-ring (bicyclic) bond motifs is 2. The summed E-state index contributed by atoms with van der Waals surface area (Å²) in [6.07, 6.45) is 0.00965. The van der Waals surface area contributed by atoms with E-state index >= 15 is 0 Å². The van der Waals surface area contributed by atoms with E-state index in [1.54, 1.807) is 18.2 Å². The van der Waals surface area contributed by atoms with Crippen molar-refractivity contribution in [3.05, 3.63) is 57.5 Å². The Labute approximate surface area is 136 Å². The van der Waals surface area contributed by atoms with Crippen LogP contribution in [0.25, 0.3) is 0 Å². The summed E-state index contributed by atoms with van der Waals surface area (Å²) in [4.78, 5) is 25.8. The number of allylic oxidation sites excluding steroid dienone is 3. The van der Waals surface area contributed by atoms with Gasteiger partial charge in [-0.15, -0.1) is 0 Å². The molecule has 7 nitrogen and oxygen atoms in total. The summed E-state index contributed by atoms with van der Waals surface area (Å²) in [5.74, 6) is -2.21. The molecule has 0 saturated carbocycles. The number of benzene rings is 1. The van der Waals surface area contributed by atoms with Crippen molar-refractivity contribution in [1.82, 2.24) is 0 Å². The highest BCUT2D eigenvalue weighted by Crippen LogP contribution is 2.55. The Morgan fingerprint density at radius 2 is 1.75 bits per heavy atom. The number of carbonyl (C=O) groups is 2. The van der Waals surface area contributed by atoms with Crippen molar-refractivity contribution in [3.63, 3.8) is 0 Å². The van der Waals surface area contributed by atoms with Gasteiger partial charge in [-0.25, -0.2) is 8.42 Å². The molecule has 0 radical (unpaired) electrons. The number of ether oxygens (including phenoxy) is 1. The Kier molecular flexibility index (Phi) is 2.65. The molecule has 0 fully saturated rings. The highest BCUT2D eigenvalue weighted by Gasteiger charge is 2.66. The molecule has 1 aliphatic carbocycles. The van der Waals surface area contributed by atoms with Crippen molar-refractivity contribution < 1.29 is 22.7 Å². The molecule has 2 N–H and O–H groups in total. The molecule has 8 heteroatoms. The number of hydrogen-bond acceptors (Lipinski definition) is 7. The van der Waals surface area contributed by atoms with Crippen molar-refractivity contribution in [1.29, 1.82) is 5.26 Å². The Bertz CT molecular complexity index is 1020. The van der Waals surface area contributed by atoms with Crippen LogP contribution in [0.1, 0.15) is 27.1 Å². The summed E-state index contributed by atoms with van der Waals surface area (Å²) < 4.78 is 30.4. The van der Waals surface area contributed by atoms with Crippen molar-refractivity contribution in [2.45, 2.75) is 6.42 Å². The van der Waals surface area contributed by atoms with Gasteiger partial charge in [-0.2, -0.15) is 5.26 Å². The van der Waals surface area contributed by atoms with Crippen molar-refractivity contribution in [2.24, 2.45) is 11.1 Å². The molecule has 2 heterocycles. The maximum absolute atomic E-state index is 13.1. The minimum absolute atomic E-state index is 0.00965. The Morgan fingerprint density at radius 1 is 1.17 bits per heavy atom. The van der Waals surface area contributed by atoms with Crippen LogP contribution < -0.4 is 5.73 Å². The second-order valence-corrected chi connectivity index (χ2v) is 7.77. The van der Waals surface area contributed by atoms with E-state index in [9.17, 15) is 23.3 Å². The Morgan fingerprint density at radius 3 is 2.29 bits per heavy atom. The zero-order valence-corrected chi connectivity index (χ0v) is 13.0. The monoisotopic (exact) mass is 342 g/mol. The number of carbonyl (C=O) groups excluding carboxylic acids is 2. The van der Waals surface area contributed by atoms with Gasteiger partial charge >= 0.3 is 0 Å². The molecule has 0 saturated heterocycles. The lowest BCUT2D eigenvalue weighted by atomic mass is 9.74. The maximum atomic E-state index is 13.1. The van der Waals surface area contributed by atoms with Crippen LogP contribution >= 0.6 is 0 Å². The molecule has 1 aromatic carbocycles. The van der Waals surface area contributed by atoms with Crippen LogP contribution in [0, 0.1) is 16.7 Å². The average molecular weight is 342 g/mol. The second kappa shape index (κ2) is 4.33. The van der Waals surface area contributed by atoms with Crippen molar-refractivity contribution in [3.8, 4) is 6.07 Å². The molecule has 0 bridgehead atoms. The summed E-state index contributed by atoms with van der Waals surface area (Å²) in [6.45, 7) is 0. The zero-order valence-electron chi connectivity index (χ0n) is 12.2. The fraction of sp³-hybridized carbons (Fsp3) is 0.188. The van der Waals surface area contributed by atoms with Crippen molar-refractivity contribution in [2.75, 3.05) is 5.75 Å². The van der Waals surface area contributed by atoms with Crippen LogP contribution in [0.2, 0.25) is 0 Å². The first-order valence-corrected chi connectivity index (χ1v) is 8.74. The van der Waals surface area contributed by atoms with Crippen LogP contribution in [0.4, 0.5) is 0 Å². The van der Waals surface area contributed by atoms with Crippen LogP contribution in [0.3, 0.4) is 0 Å². The van der Waals surface area contributed by atoms with Gasteiger partial charge < -0.3 is 10.5 Å². The van der Waals surface area contributed by atoms with Crippen LogP contribution in [-0.2, 0) is 14.6 Å². The molecule has 120 valence electrons. The summed E-state index contributed by atoms with van der Waals surface area (Å²) in [7, 11) is -3.92. The molecule has 2 aliphatic heterocycles. The smallest absolute Gasteiger partial charge is 0.206 e. The summed E-state index contributed by atoms with van der Waals surface area (Å²) in [5, 5.41) is 9.50. The predicted octanol–water partition coefficient (Wildman–Crippen LogP) is 0.806. The molecule has 0 unspecified atom stereocenters. The molecule has 0 aromatic heterocycles. The number of nitriles is 1. The lowest BCUT2D eigenvalue weighted by Crippen LogP contribution is -2.43. The average Bonchev–Trinajstić information content (AvgIpc) is 2.96. The van der Waals surface area contributed by atoms with E-state index < -0.39 is 43.2 Å². The Balaban J connectivity index is 2.15. The zero-order chi connectivity index (χ0) is 17.3. The van der Waals surface area contributed by atoms with Gasteiger partial charge in [0.1, 0.15) is 22.3 Å². The fourth-order valence-corrected chi connectivity index (χ4v) is 5.50. The standard InChI is InChI=1S/C16H10N2O5S/c17-7-10-15(18)23-11-5-6-24(21,22)14(11)16(10)12(19)8-3-1-2-4-9(8)13(16)20/h1-4H,5-6,18H2. The summed E-state index contributed by atoms with van der Waals surface area (Å²) >= 11 is 0. The Hall–Kier alpha value is -2.92. The number of nitrogens with zero attached hydrogens (tertiary/aromatic N) is 1. The number of nitrogens with two attached hydrogens (primary N) is 1. The topological polar surface area (TPSA) is 127 Å². The summed E-state index contributed by atoms with van der Waals surface area (Å²) in [6, 6.07) is 7.74. The number of Topliss-reactive ketones (excluding diaryl/α,β-unsaturated/α-hetero) is 2. The van der Waals surface area contributed by atoms with Gasteiger partial charge in [0, 0.05) is 17.5 Å². The minimum Gasteiger partial charge on any atom is -0.444 e. The third-order valence-electron chi connectivity index (χ3n) is 4.57. The third-order valence-corrected chi connectivity index (χ3v) is 6.46. The van der Waals surface area contributed by atoms with Crippen molar-refractivity contribution >= 4 is 21.4 Å². The van der Waals surface area contributed by atoms with Gasteiger partial charge in [-0.05, 0) is 0 Å². The number of ketones is 2. The van der Waals surface area contributed by atoms with Crippen LogP contribution in [0.5, 0.6) is 0 Å². The lowest BCUT2D eigenvalue weighted by molar-refractivity contribution is 0.0774. The largest absolute Gasteiger partial charge is 0.444 e. The van der Waals surface area contributed by atoms with E-state index in [0.717, 1.165) is 0 Å². The maximum Gasteiger partial charge on any atom is 0.206 e. The number of hydrogen-bond donors (Lipinski definition) is 1. The molecular weight excluding hydrogens is 332 g/mol. The van der Waals surface area contributed by atoms with Crippen LogP contribution in [0.15, 0.2) is 46.4 Å². The highest BCUT2D eigenvalue weighted by atomic mass is 32.2. The third kappa shape index (κ3) is 1.43. The minimum atomic E-state index is -3.92. The van der Waals surface area contributed by atoms with Gasteiger partial charge in [0.2, 0.25) is 5.88 Å². The van der Waals surface area contributed by atoms with E-state index in [0.29, 0.717) is 0 Å². The molecule has 24 heavy (non-hydrogen) atoms. The molecule has 1 spiro atoms. The van der Waals surface area contributed by atoms with E-state index in [1.165, 1.54) is 12.1 Å². The van der Waals surface area contributed by atoms with Gasteiger partial charge in [-0.3, -0.25) is 9.59 Å². The first-order valence-electron chi connectivity index (χ1n) is 7.09. The summed E-state index contributed by atoms with van der Waals surface area (Å²) in [5.41, 5.74) is 3.21. The molecule has 3 aliphatic rings.